The van der Waals surface area contributed by atoms with Gasteiger partial charge < -0.3 is 9.47 Å². The maximum absolute atomic E-state index is 11.9. The summed E-state index contributed by atoms with van der Waals surface area (Å²) in [7, 11) is 1.37. The highest BCUT2D eigenvalue weighted by atomic mass is 79.9. The third-order valence-electron chi connectivity index (χ3n) is 4.77. The van der Waals surface area contributed by atoms with E-state index in [4.69, 9.17) is 9.47 Å². The largest absolute Gasteiger partial charge is 0.494 e. The Morgan fingerprint density at radius 2 is 2.08 bits per heavy atom. The van der Waals surface area contributed by atoms with Gasteiger partial charge in [-0.2, -0.15) is 5.10 Å². The zero-order valence-corrected chi connectivity index (χ0v) is 17.0. The van der Waals surface area contributed by atoms with Crippen molar-refractivity contribution in [1.29, 1.82) is 0 Å². The lowest BCUT2D eigenvalue weighted by Gasteiger charge is -2.25. The van der Waals surface area contributed by atoms with Gasteiger partial charge >= 0.3 is 5.97 Å². The van der Waals surface area contributed by atoms with E-state index in [2.05, 4.69) is 38.1 Å². The second kappa shape index (κ2) is 8.22. The monoisotopic (exact) mass is 421 g/mol. The first-order valence-corrected chi connectivity index (χ1v) is 9.62. The summed E-state index contributed by atoms with van der Waals surface area (Å²) in [6.07, 6.45) is 2.25. The number of halogens is 1. The molecule has 1 aromatic heterocycles. The maximum atomic E-state index is 11.9. The number of ether oxygens (including phenoxy) is 2. The molecular weight excluding hydrogens is 398 g/mol. The van der Waals surface area contributed by atoms with Crippen molar-refractivity contribution in [2.24, 2.45) is 0 Å². The Morgan fingerprint density at radius 3 is 2.73 bits per heavy atom. The van der Waals surface area contributed by atoms with Crippen LogP contribution in [0.15, 0.2) is 28.7 Å². The van der Waals surface area contributed by atoms with Crippen LogP contribution < -0.4 is 4.74 Å². The quantitative estimate of drug-likeness (QED) is 0.661. The molecule has 1 unspecified atom stereocenters. The summed E-state index contributed by atoms with van der Waals surface area (Å²) in [5.74, 6) is 0.471. The van der Waals surface area contributed by atoms with E-state index >= 15 is 0 Å². The summed E-state index contributed by atoms with van der Waals surface area (Å²) >= 11 is 3.46. The Hall–Kier alpha value is -1.86. The number of aromatic nitrogens is 2. The molecule has 1 fully saturated rings. The van der Waals surface area contributed by atoms with E-state index in [1.54, 1.807) is 0 Å². The van der Waals surface area contributed by atoms with Crippen LogP contribution in [0, 0.1) is 6.92 Å². The molecule has 140 valence electrons. The second-order valence-corrected chi connectivity index (χ2v) is 7.15. The van der Waals surface area contributed by atoms with Gasteiger partial charge in [0.15, 0.2) is 5.69 Å². The van der Waals surface area contributed by atoms with Crippen molar-refractivity contribution in [3.05, 3.63) is 45.7 Å². The molecule has 1 aromatic carbocycles. The van der Waals surface area contributed by atoms with Crippen LogP contribution in [0.4, 0.5) is 0 Å². The Morgan fingerprint density at radius 1 is 1.35 bits per heavy atom. The summed E-state index contributed by atoms with van der Waals surface area (Å²) in [5, 5.41) is 4.44. The highest BCUT2D eigenvalue weighted by molar-refractivity contribution is 9.10. The SMILES string of the molecule is CCOc1ccc(C2CCCN2Cn2nc(C(=O)OC)c(Br)c2C)cc1. The Kier molecular flexibility index (Phi) is 5.98. The smallest absolute Gasteiger partial charge is 0.359 e. The molecule has 2 aromatic rings. The summed E-state index contributed by atoms with van der Waals surface area (Å²) in [6, 6.07) is 8.68. The number of methoxy groups -OCH3 is 1. The third kappa shape index (κ3) is 3.78. The van der Waals surface area contributed by atoms with Gasteiger partial charge in [-0.1, -0.05) is 12.1 Å². The predicted molar refractivity (Wildman–Crippen MR) is 102 cm³/mol. The molecule has 7 heteroatoms. The van der Waals surface area contributed by atoms with Crippen molar-refractivity contribution >= 4 is 21.9 Å². The van der Waals surface area contributed by atoms with Gasteiger partial charge in [-0.05, 0) is 60.3 Å². The lowest BCUT2D eigenvalue weighted by Crippen LogP contribution is -2.27. The van der Waals surface area contributed by atoms with Gasteiger partial charge in [0.05, 0.1) is 30.6 Å². The van der Waals surface area contributed by atoms with Crippen molar-refractivity contribution in [3.8, 4) is 5.75 Å². The van der Waals surface area contributed by atoms with E-state index in [0.29, 0.717) is 29.5 Å². The van der Waals surface area contributed by atoms with E-state index in [1.165, 1.54) is 12.7 Å². The van der Waals surface area contributed by atoms with Crippen LogP contribution in [0.3, 0.4) is 0 Å². The molecule has 0 bridgehead atoms. The van der Waals surface area contributed by atoms with Crippen molar-refractivity contribution < 1.29 is 14.3 Å². The van der Waals surface area contributed by atoms with Crippen LogP contribution in [0.5, 0.6) is 5.75 Å². The molecule has 0 aliphatic carbocycles. The summed E-state index contributed by atoms with van der Waals surface area (Å²) in [5.41, 5.74) is 2.52. The summed E-state index contributed by atoms with van der Waals surface area (Å²) < 4.78 is 12.9. The zero-order chi connectivity index (χ0) is 18.7. The van der Waals surface area contributed by atoms with E-state index in [0.717, 1.165) is 30.8 Å². The van der Waals surface area contributed by atoms with Gasteiger partial charge in [0.25, 0.3) is 0 Å². The van der Waals surface area contributed by atoms with Crippen LogP contribution in [0.25, 0.3) is 0 Å². The van der Waals surface area contributed by atoms with Crippen LogP contribution in [0.2, 0.25) is 0 Å². The fraction of sp³-hybridized carbons (Fsp3) is 0.474. The fourth-order valence-electron chi connectivity index (χ4n) is 3.39. The van der Waals surface area contributed by atoms with Crippen molar-refractivity contribution in [2.45, 2.75) is 39.4 Å². The van der Waals surface area contributed by atoms with E-state index < -0.39 is 5.97 Å². The van der Waals surface area contributed by atoms with Crippen LogP contribution in [0.1, 0.15) is 47.6 Å². The Labute approximate surface area is 162 Å². The van der Waals surface area contributed by atoms with E-state index in [9.17, 15) is 4.79 Å². The van der Waals surface area contributed by atoms with Crippen molar-refractivity contribution in [2.75, 3.05) is 20.3 Å². The number of hydrogen-bond donors (Lipinski definition) is 0. The average molecular weight is 422 g/mol. The molecular formula is C19H24BrN3O3. The van der Waals surface area contributed by atoms with Crippen molar-refractivity contribution in [3.63, 3.8) is 0 Å². The van der Waals surface area contributed by atoms with Gasteiger partial charge in [-0.3, -0.25) is 9.58 Å². The molecule has 3 rings (SSSR count). The lowest BCUT2D eigenvalue weighted by atomic mass is 10.0. The number of likely N-dealkylation sites (tertiary alicyclic amines) is 1. The predicted octanol–water partition coefficient (Wildman–Crippen LogP) is 3.93. The number of benzene rings is 1. The van der Waals surface area contributed by atoms with Crippen molar-refractivity contribution in [1.82, 2.24) is 14.7 Å². The first-order valence-electron chi connectivity index (χ1n) is 8.83. The molecule has 0 saturated carbocycles. The molecule has 1 aliphatic heterocycles. The van der Waals surface area contributed by atoms with E-state index in [-0.39, 0.29) is 0 Å². The minimum absolute atomic E-state index is 0.321. The zero-order valence-electron chi connectivity index (χ0n) is 15.4. The van der Waals surface area contributed by atoms with Gasteiger partial charge in [0.2, 0.25) is 0 Å². The van der Waals surface area contributed by atoms with Crippen LogP contribution in [-0.2, 0) is 11.4 Å². The number of hydrogen-bond acceptors (Lipinski definition) is 5. The maximum Gasteiger partial charge on any atom is 0.359 e. The highest BCUT2D eigenvalue weighted by Gasteiger charge is 2.28. The number of rotatable bonds is 6. The summed E-state index contributed by atoms with van der Waals surface area (Å²) in [4.78, 5) is 14.2. The normalized spacial score (nSPS) is 17.5. The first kappa shape index (κ1) is 18.9. The molecule has 26 heavy (non-hydrogen) atoms. The topological polar surface area (TPSA) is 56.6 Å². The minimum atomic E-state index is -0.428. The molecule has 2 heterocycles. The molecule has 6 nitrogen and oxygen atoms in total. The fourth-order valence-corrected chi connectivity index (χ4v) is 3.83. The van der Waals surface area contributed by atoms with Gasteiger partial charge in [0.1, 0.15) is 5.75 Å². The third-order valence-corrected chi connectivity index (χ3v) is 5.72. The Balaban J connectivity index is 1.78. The van der Waals surface area contributed by atoms with Gasteiger partial charge in [-0.15, -0.1) is 0 Å². The van der Waals surface area contributed by atoms with Gasteiger partial charge in [0, 0.05) is 12.6 Å². The van der Waals surface area contributed by atoms with E-state index in [1.807, 2.05) is 30.7 Å². The summed E-state index contributed by atoms with van der Waals surface area (Å²) in [6.45, 7) is 6.25. The molecule has 0 N–H and O–H groups in total. The molecule has 1 saturated heterocycles. The van der Waals surface area contributed by atoms with Crippen LogP contribution >= 0.6 is 15.9 Å². The number of carbonyl (C=O) groups is 1. The molecule has 0 spiro atoms. The number of nitrogens with zero attached hydrogens (tertiary/aromatic N) is 3. The highest BCUT2D eigenvalue weighted by Crippen LogP contribution is 2.33. The standard InChI is InChI=1S/C19H24BrN3O3/c1-4-26-15-9-7-14(8-10-15)16-6-5-11-22(16)12-23-13(2)17(20)18(21-23)19(24)25-3/h7-10,16H,4-6,11-12H2,1-3H3. The molecule has 1 atom stereocenters. The first-order chi connectivity index (χ1) is 12.5. The second-order valence-electron chi connectivity index (χ2n) is 6.35. The number of esters is 1. The van der Waals surface area contributed by atoms with Gasteiger partial charge in [-0.25, -0.2) is 4.79 Å². The van der Waals surface area contributed by atoms with Crippen LogP contribution in [-0.4, -0.2) is 40.9 Å². The molecule has 0 amide bonds. The molecule has 1 aliphatic rings. The lowest BCUT2D eigenvalue weighted by molar-refractivity contribution is 0.0590. The molecule has 0 radical (unpaired) electrons. The Bertz CT molecular complexity index is 773. The average Bonchev–Trinajstić information content (AvgIpc) is 3.22. The minimum Gasteiger partial charge on any atom is -0.494 e. The number of carbonyl (C=O) groups excluding carboxylic acids is 1.